The number of likely N-dealkylation sites (tertiary alicyclic amines) is 1. The second-order valence-electron chi connectivity index (χ2n) is 6.53. The Morgan fingerprint density at radius 3 is 3.00 bits per heavy atom. The van der Waals surface area contributed by atoms with E-state index < -0.39 is 9.84 Å². The molecule has 24 heavy (non-hydrogen) atoms. The highest BCUT2D eigenvalue weighted by atomic mass is 32.2. The summed E-state index contributed by atoms with van der Waals surface area (Å²) in [5.41, 5.74) is 0.749. The quantitative estimate of drug-likeness (QED) is 0.858. The van der Waals surface area contributed by atoms with E-state index in [0.29, 0.717) is 4.90 Å². The van der Waals surface area contributed by atoms with Crippen molar-refractivity contribution in [2.24, 2.45) is 0 Å². The van der Waals surface area contributed by atoms with Crippen molar-refractivity contribution in [2.45, 2.75) is 50.1 Å². The third kappa shape index (κ3) is 3.70. The highest BCUT2D eigenvalue weighted by Gasteiger charge is 2.28. The monoisotopic (exact) mass is 351 g/mol. The van der Waals surface area contributed by atoms with Gasteiger partial charge in [0.2, 0.25) is 0 Å². The summed E-state index contributed by atoms with van der Waals surface area (Å²) in [6.07, 6.45) is 9.64. The van der Waals surface area contributed by atoms with Crippen LogP contribution >= 0.6 is 0 Å². The van der Waals surface area contributed by atoms with Crippen LogP contribution in [0.25, 0.3) is 0 Å². The molecular formula is C16H25N5O2S. The highest BCUT2D eigenvalue weighted by molar-refractivity contribution is 7.90. The topological polar surface area (TPSA) is 83.9 Å². The summed E-state index contributed by atoms with van der Waals surface area (Å²) in [4.78, 5) is 7.17. The predicted molar refractivity (Wildman–Crippen MR) is 91.5 cm³/mol. The normalized spacial score (nSPS) is 19.7. The number of aromatic amines is 1. The summed E-state index contributed by atoms with van der Waals surface area (Å²) in [5, 5.41) is 6.88. The van der Waals surface area contributed by atoms with E-state index in [2.05, 4.69) is 31.6 Å². The summed E-state index contributed by atoms with van der Waals surface area (Å²) in [6, 6.07) is 0. The van der Waals surface area contributed by atoms with Crippen molar-refractivity contribution in [3.8, 4) is 0 Å². The van der Waals surface area contributed by atoms with Crippen molar-refractivity contribution in [1.82, 2.24) is 24.6 Å². The van der Waals surface area contributed by atoms with Crippen LogP contribution in [-0.4, -0.2) is 52.4 Å². The van der Waals surface area contributed by atoms with E-state index >= 15 is 0 Å². The lowest BCUT2D eigenvalue weighted by Gasteiger charge is -2.32. The molecule has 3 heterocycles. The van der Waals surface area contributed by atoms with Crippen molar-refractivity contribution < 1.29 is 8.42 Å². The van der Waals surface area contributed by atoms with Gasteiger partial charge in [-0.05, 0) is 25.8 Å². The summed E-state index contributed by atoms with van der Waals surface area (Å²) in [5.74, 6) is 1.24. The van der Waals surface area contributed by atoms with E-state index in [9.17, 15) is 8.42 Å². The smallest absolute Gasteiger partial charge is 0.178 e. The zero-order valence-corrected chi connectivity index (χ0v) is 15.1. The molecule has 3 rings (SSSR count). The molecule has 1 unspecified atom stereocenters. The number of hydrogen-bond donors (Lipinski definition) is 1. The third-order valence-electron chi connectivity index (χ3n) is 4.58. The maximum absolute atomic E-state index is 11.9. The van der Waals surface area contributed by atoms with E-state index in [1.165, 1.54) is 12.5 Å². The Balaban J connectivity index is 1.73. The molecule has 1 atom stereocenters. The summed E-state index contributed by atoms with van der Waals surface area (Å²) < 4.78 is 26.0. The second kappa shape index (κ2) is 7.06. The molecule has 1 N–H and O–H groups in total. The van der Waals surface area contributed by atoms with E-state index in [1.807, 2.05) is 12.4 Å². The average molecular weight is 351 g/mol. The van der Waals surface area contributed by atoms with Gasteiger partial charge >= 0.3 is 0 Å². The van der Waals surface area contributed by atoms with Gasteiger partial charge < -0.3 is 4.57 Å². The standard InChI is InChI=1S/C16H25N5O2S/c1-3-7-21-9-6-17-15(21)12-20-8-4-5-13(11-20)16-14(10-18-19-16)24(2,22)23/h6,9-10,13H,3-5,7-8,11-12H2,1-2H3,(H,18,19). The van der Waals surface area contributed by atoms with Crippen LogP contribution in [0.2, 0.25) is 0 Å². The van der Waals surface area contributed by atoms with Crippen molar-refractivity contribution in [2.75, 3.05) is 19.3 Å². The van der Waals surface area contributed by atoms with E-state index in [-0.39, 0.29) is 5.92 Å². The SMILES string of the molecule is CCCn1ccnc1CN1CCCC(c2[nH]ncc2S(C)(=O)=O)C1. The number of nitrogens with zero attached hydrogens (tertiary/aromatic N) is 4. The first-order chi connectivity index (χ1) is 11.5. The maximum atomic E-state index is 11.9. The molecule has 7 nitrogen and oxygen atoms in total. The van der Waals surface area contributed by atoms with Gasteiger partial charge in [0.25, 0.3) is 0 Å². The zero-order chi connectivity index (χ0) is 17.2. The Hall–Kier alpha value is -1.67. The minimum atomic E-state index is -3.25. The van der Waals surface area contributed by atoms with Crippen LogP contribution in [0.4, 0.5) is 0 Å². The lowest BCUT2D eigenvalue weighted by molar-refractivity contribution is 0.190. The molecule has 0 aliphatic carbocycles. The Bertz CT molecular complexity index is 780. The fourth-order valence-corrected chi connectivity index (χ4v) is 4.30. The van der Waals surface area contributed by atoms with Crippen LogP contribution in [0.3, 0.4) is 0 Å². The van der Waals surface area contributed by atoms with Crippen LogP contribution < -0.4 is 0 Å². The molecule has 0 amide bonds. The van der Waals surface area contributed by atoms with Gasteiger partial charge in [0.15, 0.2) is 9.84 Å². The fraction of sp³-hybridized carbons (Fsp3) is 0.625. The molecule has 1 saturated heterocycles. The zero-order valence-electron chi connectivity index (χ0n) is 14.3. The Morgan fingerprint density at radius 1 is 1.42 bits per heavy atom. The Morgan fingerprint density at radius 2 is 2.25 bits per heavy atom. The van der Waals surface area contributed by atoms with Crippen LogP contribution in [0.5, 0.6) is 0 Å². The molecule has 0 radical (unpaired) electrons. The lowest BCUT2D eigenvalue weighted by atomic mass is 9.95. The van der Waals surface area contributed by atoms with Crippen molar-refractivity contribution in [3.05, 3.63) is 30.1 Å². The van der Waals surface area contributed by atoms with E-state index in [0.717, 1.165) is 57.0 Å². The number of rotatable bonds is 6. The molecule has 2 aromatic heterocycles. The number of hydrogen-bond acceptors (Lipinski definition) is 5. The summed E-state index contributed by atoms with van der Waals surface area (Å²) in [7, 11) is -3.25. The molecule has 0 aromatic carbocycles. The van der Waals surface area contributed by atoms with Gasteiger partial charge in [0.1, 0.15) is 10.7 Å². The second-order valence-corrected chi connectivity index (χ2v) is 8.52. The highest BCUT2D eigenvalue weighted by Crippen LogP contribution is 2.30. The number of imidazole rings is 1. The Kier molecular flexibility index (Phi) is 5.05. The number of aryl methyl sites for hydroxylation is 1. The van der Waals surface area contributed by atoms with Gasteiger partial charge in [-0.25, -0.2) is 13.4 Å². The number of H-pyrrole nitrogens is 1. The van der Waals surface area contributed by atoms with Crippen molar-refractivity contribution in [1.29, 1.82) is 0 Å². The first-order valence-corrected chi connectivity index (χ1v) is 10.3. The molecule has 0 bridgehead atoms. The van der Waals surface area contributed by atoms with Crippen molar-refractivity contribution >= 4 is 9.84 Å². The molecule has 1 aliphatic heterocycles. The van der Waals surface area contributed by atoms with Crippen LogP contribution in [-0.2, 0) is 22.9 Å². The first-order valence-electron chi connectivity index (χ1n) is 8.44. The molecule has 0 saturated carbocycles. The first kappa shape index (κ1) is 17.2. The van der Waals surface area contributed by atoms with Crippen LogP contribution in [0, 0.1) is 0 Å². The van der Waals surface area contributed by atoms with Crippen LogP contribution in [0.1, 0.15) is 43.6 Å². The number of nitrogens with one attached hydrogen (secondary N) is 1. The summed E-state index contributed by atoms with van der Waals surface area (Å²) >= 11 is 0. The maximum Gasteiger partial charge on any atom is 0.178 e. The lowest BCUT2D eigenvalue weighted by Crippen LogP contribution is -2.35. The van der Waals surface area contributed by atoms with Gasteiger partial charge in [0, 0.05) is 37.7 Å². The van der Waals surface area contributed by atoms with Gasteiger partial charge in [-0.15, -0.1) is 0 Å². The minimum absolute atomic E-state index is 0.167. The molecule has 1 fully saturated rings. The van der Waals surface area contributed by atoms with E-state index in [4.69, 9.17) is 0 Å². The minimum Gasteiger partial charge on any atom is -0.334 e. The average Bonchev–Trinajstić information content (AvgIpc) is 3.17. The largest absolute Gasteiger partial charge is 0.334 e. The van der Waals surface area contributed by atoms with Crippen molar-refractivity contribution in [3.63, 3.8) is 0 Å². The fourth-order valence-electron chi connectivity index (χ4n) is 3.44. The summed E-state index contributed by atoms with van der Waals surface area (Å²) in [6.45, 7) is 5.77. The van der Waals surface area contributed by atoms with Gasteiger partial charge in [-0.2, -0.15) is 5.10 Å². The third-order valence-corrected chi connectivity index (χ3v) is 5.70. The molecule has 1 aliphatic rings. The molecule has 132 valence electrons. The van der Waals surface area contributed by atoms with Crippen LogP contribution in [0.15, 0.2) is 23.5 Å². The molecule has 2 aromatic rings. The van der Waals surface area contributed by atoms with E-state index in [1.54, 1.807) is 0 Å². The molecule has 8 heteroatoms. The van der Waals surface area contributed by atoms with Gasteiger partial charge in [0.05, 0.1) is 18.4 Å². The predicted octanol–water partition coefficient (Wildman–Crippen LogP) is 1.80. The Labute approximate surface area is 143 Å². The van der Waals surface area contributed by atoms with Gasteiger partial charge in [-0.3, -0.25) is 10.00 Å². The van der Waals surface area contributed by atoms with Gasteiger partial charge in [-0.1, -0.05) is 6.92 Å². The molecular weight excluding hydrogens is 326 g/mol. The number of aromatic nitrogens is 4. The number of piperidine rings is 1. The molecule has 0 spiro atoms. The number of sulfone groups is 1.